The third-order valence-corrected chi connectivity index (χ3v) is 5.29. The number of rotatable bonds is 7. The average molecular weight is 342 g/mol. The summed E-state index contributed by atoms with van der Waals surface area (Å²) >= 11 is 0. The lowest BCUT2D eigenvalue weighted by molar-refractivity contribution is 0.249. The molecule has 0 bridgehead atoms. The summed E-state index contributed by atoms with van der Waals surface area (Å²) < 4.78 is 0. The van der Waals surface area contributed by atoms with E-state index in [2.05, 4.69) is 63.0 Å². The van der Waals surface area contributed by atoms with Crippen molar-refractivity contribution in [3.63, 3.8) is 0 Å². The number of likely N-dealkylation sites (N-methyl/N-ethyl adjacent to an activating group) is 1. The minimum absolute atomic E-state index is 0.777. The Kier molecular flexibility index (Phi) is 6.34. The molecule has 1 aromatic heterocycles. The molecule has 0 saturated heterocycles. The second-order valence-electron chi connectivity index (χ2n) is 6.95. The second-order valence-corrected chi connectivity index (χ2v) is 6.95. The zero-order chi connectivity index (χ0) is 17.5. The molecule has 1 aromatic carbocycles. The van der Waals surface area contributed by atoms with Gasteiger partial charge in [-0.1, -0.05) is 31.0 Å². The van der Waals surface area contributed by atoms with Crippen LogP contribution < -0.4 is 10.6 Å². The first-order valence-electron chi connectivity index (χ1n) is 9.47. The molecule has 1 fully saturated rings. The van der Waals surface area contributed by atoms with Crippen LogP contribution in [-0.4, -0.2) is 55.6 Å². The first kappa shape index (κ1) is 17.8. The van der Waals surface area contributed by atoms with Crippen molar-refractivity contribution < 1.29 is 0 Å². The molecule has 25 heavy (non-hydrogen) atoms. The van der Waals surface area contributed by atoms with Gasteiger partial charge in [0.2, 0.25) is 0 Å². The predicted molar refractivity (Wildman–Crippen MR) is 106 cm³/mol. The van der Waals surface area contributed by atoms with Gasteiger partial charge in [-0.2, -0.15) is 0 Å². The van der Waals surface area contributed by atoms with Crippen LogP contribution in [0.3, 0.4) is 0 Å². The van der Waals surface area contributed by atoms with Gasteiger partial charge in [-0.3, -0.25) is 4.99 Å². The molecule has 1 saturated carbocycles. The van der Waals surface area contributed by atoms with Gasteiger partial charge in [0, 0.05) is 49.8 Å². The number of fused-ring (bicyclic) bond motifs is 1. The molecule has 1 aliphatic carbocycles. The number of para-hydroxylation sites is 1. The van der Waals surface area contributed by atoms with Gasteiger partial charge in [0.25, 0.3) is 0 Å². The number of guanidine groups is 1. The minimum Gasteiger partial charge on any atom is -0.361 e. The van der Waals surface area contributed by atoms with Crippen molar-refractivity contribution in [1.82, 2.24) is 20.5 Å². The average Bonchev–Trinajstić information content (AvgIpc) is 3.30. The van der Waals surface area contributed by atoms with Crippen LogP contribution in [-0.2, 0) is 6.42 Å². The van der Waals surface area contributed by atoms with E-state index >= 15 is 0 Å². The highest BCUT2D eigenvalue weighted by molar-refractivity contribution is 5.83. The zero-order valence-corrected chi connectivity index (χ0v) is 15.5. The van der Waals surface area contributed by atoms with E-state index < -0.39 is 0 Å². The third kappa shape index (κ3) is 4.75. The molecule has 5 heteroatoms. The van der Waals surface area contributed by atoms with Gasteiger partial charge in [-0.05, 0) is 37.9 Å². The molecule has 3 N–H and O–H groups in total. The Labute approximate surface area is 150 Å². The number of hydrogen-bond acceptors (Lipinski definition) is 2. The van der Waals surface area contributed by atoms with Crippen molar-refractivity contribution >= 4 is 16.9 Å². The molecule has 1 heterocycles. The first-order chi connectivity index (χ1) is 12.3. The van der Waals surface area contributed by atoms with Gasteiger partial charge >= 0.3 is 0 Å². The summed E-state index contributed by atoms with van der Waals surface area (Å²) in [6.07, 6.45) is 8.58. The standard InChI is InChI=1S/C20H31N5/c1-21-20(23-13-14-25(2)17-7-3-4-8-17)22-12-11-16-15-24-19-10-6-5-9-18(16)19/h5-6,9-10,15,17,24H,3-4,7-8,11-14H2,1-2H3,(H2,21,22,23). The molecule has 3 rings (SSSR count). The Hall–Kier alpha value is -2.01. The molecule has 2 aromatic rings. The SMILES string of the molecule is CN=C(NCCc1c[nH]c2ccccc12)NCCN(C)C1CCCC1. The summed E-state index contributed by atoms with van der Waals surface area (Å²) in [5.41, 5.74) is 2.55. The quantitative estimate of drug-likeness (QED) is 0.536. The first-order valence-corrected chi connectivity index (χ1v) is 9.47. The van der Waals surface area contributed by atoms with E-state index in [9.17, 15) is 0 Å². The monoisotopic (exact) mass is 341 g/mol. The van der Waals surface area contributed by atoms with Gasteiger partial charge in [-0.15, -0.1) is 0 Å². The van der Waals surface area contributed by atoms with E-state index in [1.54, 1.807) is 0 Å². The predicted octanol–water partition coefficient (Wildman–Crippen LogP) is 2.75. The van der Waals surface area contributed by atoms with Gasteiger partial charge in [0.15, 0.2) is 5.96 Å². The zero-order valence-electron chi connectivity index (χ0n) is 15.5. The Morgan fingerprint density at radius 2 is 1.96 bits per heavy atom. The maximum Gasteiger partial charge on any atom is 0.191 e. The van der Waals surface area contributed by atoms with Gasteiger partial charge in [0.1, 0.15) is 0 Å². The third-order valence-electron chi connectivity index (χ3n) is 5.29. The summed E-state index contributed by atoms with van der Waals surface area (Å²) in [6.45, 7) is 2.87. The summed E-state index contributed by atoms with van der Waals surface area (Å²) in [5.74, 6) is 0.889. The van der Waals surface area contributed by atoms with E-state index in [-0.39, 0.29) is 0 Å². The highest BCUT2D eigenvalue weighted by Crippen LogP contribution is 2.21. The maximum atomic E-state index is 4.33. The Bertz CT molecular complexity index is 684. The molecule has 0 spiro atoms. The number of aromatic nitrogens is 1. The summed E-state index contributed by atoms with van der Waals surface area (Å²) in [5, 5.41) is 8.16. The number of hydrogen-bond donors (Lipinski definition) is 3. The topological polar surface area (TPSA) is 55.5 Å². The van der Waals surface area contributed by atoms with E-state index in [1.807, 2.05) is 7.05 Å². The molecule has 1 aliphatic rings. The molecule has 0 amide bonds. The molecule has 0 aliphatic heterocycles. The number of aliphatic imine (C=N–C) groups is 1. The summed E-state index contributed by atoms with van der Waals surface area (Å²) in [7, 11) is 4.08. The largest absolute Gasteiger partial charge is 0.361 e. The molecule has 0 radical (unpaired) electrons. The normalized spacial score (nSPS) is 16.0. The van der Waals surface area contributed by atoms with Crippen LogP contribution >= 0.6 is 0 Å². The van der Waals surface area contributed by atoms with Crippen molar-refractivity contribution in [3.8, 4) is 0 Å². The molecule has 0 atom stereocenters. The lowest BCUT2D eigenvalue weighted by atomic mass is 10.1. The van der Waals surface area contributed by atoms with E-state index in [1.165, 1.54) is 42.1 Å². The van der Waals surface area contributed by atoms with Gasteiger partial charge in [0.05, 0.1) is 0 Å². The number of aromatic amines is 1. The molecule has 0 unspecified atom stereocenters. The van der Waals surface area contributed by atoms with Crippen LogP contribution in [0, 0.1) is 0 Å². The second kappa shape index (κ2) is 8.90. The van der Waals surface area contributed by atoms with Crippen LogP contribution in [0.25, 0.3) is 10.9 Å². The van der Waals surface area contributed by atoms with Gasteiger partial charge in [-0.25, -0.2) is 0 Å². The Balaban J connectivity index is 1.39. The fourth-order valence-electron chi connectivity index (χ4n) is 3.75. The van der Waals surface area contributed by atoms with Crippen molar-refractivity contribution in [2.24, 2.45) is 4.99 Å². The molecular formula is C20H31N5. The number of nitrogens with one attached hydrogen (secondary N) is 3. The van der Waals surface area contributed by atoms with Crippen LogP contribution in [0.5, 0.6) is 0 Å². The molecular weight excluding hydrogens is 310 g/mol. The Morgan fingerprint density at radius 1 is 1.20 bits per heavy atom. The van der Waals surface area contributed by atoms with E-state index in [0.29, 0.717) is 0 Å². The fourth-order valence-corrected chi connectivity index (χ4v) is 3.75. The Morgan fingerprint density at radius 3 is 2.76 bits per heavy atom. The van der Waals surface area contributed by atoms with Crippen molar-refractivity contribution in [2.75, 3.05) is 33.7 Å². The van der Waals surface area contributed by atoms with Crippen LogP contribution in [0.4, 0.5) is 0 Å². The molecule has 5 nitrogen and oxygen atoms in total. The number of benzene rings is 1. The van der Waals surface area contributed by atoms with Gasteiger partial charge < -0.3 is 20.5 Å². The van der Waals surface area contributed by atoms with Crippen molar-refractivity contribution in [2.45, 2.75) is 38.1 Å². The highest BCUT2D eigenvalue weighted by atomic mass is 15.2. The van der Waals surface area contributed by atoms with Crippen molar-refractivity contribution in [3.05, 3.63) is 36.0 Å². The van der Waals surface area contributed by atoms with Crippen LogP contribution in [0.2, 0.25) is 0 Å². The van der Waals surface area contributed by atoms with Crippen molar-refractivity contribution in [1.29, 1.82) is 0 Å². The minimum atomic E-state index is 0.777. The van der Waals surface area contributed by atoms with E-state index in [4.69, 9.17) is 0 Å². The highest BCUT2D eigenvalue weighted by Gasteiger charge is 2.18. The molecule has 136 valence electrons. The lowest BCUT2D eigenvalue weighted by Crippen LogP contribution is -2.43. The van der Waals surface area contributed by atoms with Crippen LogP contribution in [0.15, 0.2) is 35.5 Å². The van der Waals surface area contributed by atoms with E-state index in [0.717, 1.165) is 38.1 Å². The number of nitrogens with zero attached hydrogens (tertiary/aromatic N) is 2. The fraction of sp³-hybridized carbons (Fsp3) is 0.550. The lowest BCUT2D eigenvalue weighted by Gasteiger charge is -2.24. The smallest absolute Gasteiger partial charge is 0.191 e. The maximum absolute atomic E-state index is 4.33. The van der Waals surface area contributed by atoms with Crippen LogP contribution in [0.1, 0.15) is 31.2 Å². The summed E-state index contributed by atoms with van der Waals surface area (Å²) in [4.78, 5) is 10.2. The summed E-state index contributed by atoms with van der Waals surface area (Å²) in [6, 6.07) is 9.23. The number of H-pyrrole nitrogens is 1.